The zero-order valence-electron chi connectivity index (χ0n) is 11.9. The summed E-state index contributed by atoms with van der Waals surface area (Å²) in [6.07, 6.45) is 3.65. The molecular formula is C16H24N2O. The summed E-state index contributed by atoms with van der Waals surface area (Å²) in [5.74, 6) is 0.0356. The molecule has 0 spiro atoms. The normalized spacial score (nSPS) is 24.7. The highest BCUT2D eigenvalue weighted by Crippen LogP contribution is 2.15. The lowest BCUT2D eigenvalue weighted by atomic mass is 9.98. The van der Waals surface area contributed by atoms with Crippen LogP contribution in [0.1, 0.15) is 44.6 Å². The Balaban J connectivity index is 1.81. The van der Waals surface area contributed by atoms with Crippen molar-refractivity contribution in [3.05, 3.63) is 35.9 Å². The lowest BCUT2D eigenvalue weighted by Gasteiger charge is -2.29. The van der Waals surface area contributed by atoms with E-state index in [0.717, 1.165) is 18.5 Å². The Morgan fingerprint density at radius 3 is 2.79 bits per heavy atom. The lowest BCUT2D eigenvalue weighted by molar-refractivity contribution is -0.122. The molecule has 0 bridgehead atoms. The largest absolute Gasteiger partial charge is 0.354 e. The molecule has 104 valence electrons. The Morgan fingerprint density at radius 2 is 2.11 bits per heavy atom. The molecule has 1 aliphatic rings. The molecule has 2 rings (SSSR count). The van der Waals surface area contributed by atoms with Gasteiger partial charge in [0.1, 0.15) is 0 Å². The third-order valence-corrected chi connectivity index (χ3v) is 3.93. The summed E-state index contributed by atoms with van der Waals surface area (Å²) < 4.78 is 0. The third-order valence-electron chi connectivity index (χ3n) is 3.93. The highest BCUT2D eigenvalue weighted by molar-refractivity contribution is 5.83. The van der Waals surface area contributed by atoms with Crippen molar-refractivity contribution in [1.29, 1.82) is 0 Å². The molecule has 19 heavy (non-hydrogen) atoms. The Morgan fingerprint density at radius 1 is 1.37 bits per heavy atom. The number of rotatable bonds is 4. The number of benzene rings is 1. The molecule has 1 aliphatic heterocycles. The molecule has 2 N–H and O–H groups in total. The summed E-state index contributed by atoms with van der Waals surface area (Å²) in [5, 5.41) is 6.61. The Labute approximate surface area is 115 Å². The van der Waals surface area contributed by atoms with Crippen LogP contribution in [0.3, 0.4) is 0 Å². The van der Waals surface area contributed by atoms with Gasteiger partial charge in [-0.15, -0.1) is 0 Å². The maximum atomic E-state index is 12.1. The van der Waals surface area contributed by atoms with Crippen molar-refractivity contribution in [1.82, 2.24) is 10.6 Å². The van der Waals surface area contributed by atoms with E-state index in [1.54, 1.807) is 0 Å². The number of amides is 1. The maximum Gasteiger partial charge on any atom is 0.227 e. The maximum absolute atomic E-state index is 12.1. The molecule has 3 heteroatoms. The van der Waals surface area contributed by atoms with Gasteiger partial charge >= 0.3 is 0 Å². The quantitative estimate of drug-likeness (QED) is 0.873. The van der Waals surface area contributed by atoms with E-state index in [1.807, 2.05) is 37.3 Å². The van der Waals surface area contributed by atoms with Crippen LogP contribution >= 0.6 is 0 Å². The molecule has 3 atom stereocenters. The SMILES string of the molecule is CC1CCCC(CNC(=O)C(C)c2ccccc2)N1. The molecular weight excluding hydrogens is 236 g/mol. The third kappa shape index (κ3) is 4.06. The fourth-order valence-electron chi connectivity index (χ4n) is 2.67. The average Bonchev–Trinajstić information content (AvgIpc) is 2.45. The molecule has 0 aromatic heterocycles. The Kier molecular flexibility index (Phi) is 4.97. The molecule has 1 amide bonds. The van der Waals surface area contributed by atoms with Gasteiger partial charge in [0.2, 0.25) is 5.91 Å². The van der Waals surface area contributed by atoms with Crippen LogP contribution < -0.4 is 10.6 Å². The monoisotopic (exact) mass is 260 g/mol. The Bertz CT molecular complexity index is 404. The number of piperidine rings is 1. The molecule has 1 aromatic rings. The predicted octanol–water partition coefficient (Wildman–Crippen LogP) is 2.44. The molecule has 0 aliphatic carbocycles. The first kappa shape index (κ1) is 14.1. The predicted molar refractivity (Wildman–Crippen MR) is 78.1 cm³/mol. The first-order valence-electron chi connectivity index (χ1n) is 7.25. The summed E-state index contributed by atoms with van der Waals surface area (Å²) in [7, 11) is 0. The van der Waals surface area contributed by atoms with Crippen LogP contribution in [-0.4, -0.2) is 24.5 Å². The zero-order valence-corrected chi connectivity index (χ0v) is 11.9. The fraction of sp³-hybridized carbons (Fsp3) is 0.562. The molecule has 1 fully saturated rings. The van der Waals surface area contributed by atoms with Gasteiger partial charge in [-0.25, -0.2) is 0 Å². The molecule has 1 heterocycles. The van der Waals surface area contributed by atoms with Crippen LogP contribution in [0.5, 0.6) is 0 Å². The minimum Gasteiger partial charge on any atom is -0.354 e. The van der Waals surface area contributed by atoms with E-state index >= 15 is 0 Å². The van der Waals surface area contributed by atoms with Gasteiger partial charge in [-0.2, -0.15) is 0 Å². The summed E-state index contributed by atoms with van der Waals surface area (Å²) in [6.45, 7) is 4.91. The molecule has 1 aromatic carbocycles. The van der Waals surface area contributed by atoms with Gasteiger partial charge in [-0.3, -0.25) is 4.79 Å². The van der Waals surface area contributed by atoms with E-state index in [4.69, 9.17) is 0 Å². The second kappa shape index (κ2) is 6.71. The molecule has 0 radical (unpaired) electrons. The van der Waals surface area contributed by atoms with Crippen molar-refractivity contribution >= 4 is 5.91 Å². The molecule has 1 saturated heterocycles. The van der Waals surface area contributed by atoms with Crippen LogP contribution in [0.2, 0.25) is 0 Å². The Hall–Kier alpha value is -1.35. The van der Waals surface area contributed by atoms with Gasteiger partial charge in [-0.05, 0) is 32.3 Å². The highest BCUT2D eigenvalue weighted by atomic mass is 16.1. The number of carbonyl (C=O) groups is 1. The fourth-order valence-corrected chi connectivity index (χ4v) is 2.67. The first-order chi connectivity index (χ1) is 9.16. The number of hydrogen-bond acceptors (Lipinski definition) is 2. The standard InChI is InChI=1S/C16H24N2O/c1-12-7-6-10-15(18-12)11-17-16(19)13(2)14-8-4-3-5-9-14/h3-5,8-9,12-13,15,18H,6-7,10-11H2,1-2H3,(H,17,19). The smallest absolute Gasteiger partial charge is 0.227 e. The number of nitrogens with one attached hydrogen (secondary N) is 2. The van der Waals surface area contributed by atoms with Gasteiger partial charge < -0.3 is 10.6 Å². The van der Waals surface area contributed by atoms with Gasteiger partial charge in [0.25, 0.3) is 0 Å². The van der Waals surface area contributed by atoms with Gasteiger partial charge in [-0.1, -0.05) is 36.8 Å². The van der Waals surface area contributed by atoms with Gasteiger partial charge in [0.15, 0.2) is 0 Å². The van der Waals surface area contributed by atoms with Crippen molar-refractivity contribution < 1.29 is 4.79 Å². The van der Waals surface area contributed by atoms with E-state index < -0.39 is 0 Å². The van der Waals surface area contributed by atoms with E-state index in [0.29, 0.717) is 12.1 Å². The van der Waals surface area contributed by atoms with Crippen LogP contribution in [0.15, 0.2) is 30.3 Å². The van der Waals surface area contributed by atoms with E-state index in [-0.39, 0.29) is 11.8 Å². The molecule has 3 nitrogen and oxygen atoms in total. The summed E-state index contributed by atoms with van der Waals surface area (Å²) in [4.78, 5) is 12.1. The second-order valence-electron chi connectivity index (χ2n) is 5.57. The highest BCUT2D eigenvalue weighted by Gasteiger charge is 2.20. The van der Waals surface area contributed by atoms with E-state index in [9.17, 15) is 4.79 Å². The minimum atomic E-state index is -0.0813. The topological polar surface area (TPSA) is 41.1 Å². The summed E-state index contributed by atoms with van der Waals surface area (Å²) >= 11 is 0. The van der Waals surface area contributed by atoms with Crippen molar-refractivity contribution in [2.24, 2.45) is 0 Å². The van der Waals surface area contributed by atoms with E-state index in [2.05, 4.69) is 17.6 Å². The van der Waals surface area contributed by atoms with Crippen LogP contribution in [0, 0.1) is 0 Å². The van der Waals surface area contributed by atoms with Crippen LogP contribution in [0.4, 0.5) is 0 Å². The van der Waals surface area contributed by atoms with Crippen LogP contribution in [-0.2, 0) is 4.79 Å². The van der Waals surface area contributed by atoms with Crippen molar-refractivity contribution in [2.45, 2.75) is 51.1 Å². The lowest BCUT2D eigenvalue weighted by Crippen LogP contribution is -2.47. The first-order valence-corrected chi connectivity index (χ1v) is 7.25. The number of carbonyl (C=O) groups excluding carboxylic acids is 1. The van der Waals surface area contributed by atoms with Crippen molar-refractivity contribution in [2.75, 3.05) is 6.54 Å². The van der Waals surface area contributed by atoms with Crippen molar-refractivity contribution in [3.63, 3.8) is 0 Å². The number of hydrogen-bond donors (Lipinski definition) is 2. The summed E-state index contributed by atoms with van der Waals surface area (Å²) in [6, 6.07) is 10.9. The molecule has 3 unspecified atom stereocenters. The van der Waals surface area contributed by atoms with Gasteiger partial charge in [0.05, 0.1) is 5.92 Å². The van der Waals surface area contributed by atoms with Gasteiger partial charge in [0, 0.05) is 18.6 Å². The summed E-state index contributed by atoms with van der Waals surface area (Å²) in [5.41, 5.74) is 1.07. The average molecular weight is 260 g/mol. The second-order valence-corrected chi connectivity index (χ2v) is 5.57. The zero-order chi connectivity index (χ0) is 13.7. The minimum absolute atomic E-state index is 0.0813. The van der Waals surface area contributed by atoms with E-state index in [1.165, 1.54) is 12.8 Å². The van der Waals surface area contributed by atoms with Crippen LogP contribution in [0.25, 0.3) is 0 Å². The van der Waals surface area contributed by atoms with Crippen molar-refractivity contribution in [3.8, 4) is 0 Å². The molecule has 0 saturated carbocycles.